The molecule has 1 amide bonds. The minimum absolute atomic E-state index is 0.0724. The zero-order valence-electron chi connectivity index (χ0n) is 13.2. The van der Waals surface area contributed by atoms with E-state index in [0.717, 1.165) is 31.6 Å². The number of nitrogens with zero attached hydrogens (tertiary/aromatic N) is 1. The fraction of sp³-hybridized carbons (Fsp3) is 0.588. The topological polar surface area (TPSA) is 52.6 Å². The van der Waals surface area contributed by atoms with E-state index in [9.17, 15) is 9.90 Å². The van der Waals surface area contributed by atoms with Crippen molar-refractivity contribution < 1.29 is 9.90 Å². The molecule has 1 aliphatic heterocycles. The van der Waals surface area contributed by atoms with Gasteiger partial charge in [0, 0.05) is 12.6 Å². The minimum Gasteiger partial charge on any atom is -0.507 e. The lowest BCUT2D eigenvalue weighted by atomic mass is 9.98. The average Bonchev–Trinajstić information content (AvgIpc) is 2.48. The van der Waals surface area contributed by atoms with Gasteiger partial charge in [0.1, 0.15) is 5.75 Å². The van der Waals surface area contributed by atoms with Crippen molar-refractivity contribution in [3.8, 4) is 5.75 Å². The maximum absolute atomic E-state index is 12.8. The molecule has 0 spiro atoms. The molecule has 1 aromatic carbocycles. The second-order valence-electron chi connectivity index (χ2n) is 6.23. The van der Waals surface area contributed by atoms with E-state index < -0.39 is 0 Å². The molecule has 4 heteroatoms. The fourth-order valence-corrected chi connectivity index (χ4v) is 2.87. The lowest BCUT2D eigenvalue weighted by Gasteiger charge is -2.33. The molecule has 0 aliphatic carbocycles. The van der Waals surface area contributed by atoms with Crippen LogP contribution in [0, 0.1) is 12.8 Å². The Morgan fingerprint density at radius 3 is 2.86 bits per heavy atom. The highest BCUT2D eigenvalue weighted by atomic mass is 16.3. The first-order valence-electron chi connectivity index (χ1n) is 7.81. The highest BCUT2D eigenvalue weighted by molar-refractivity contribution is 5.97. The molecule has 4 nitrogen and oxygen atoms in total. The number of benzene rings is 1. The summed E-state index contributed by atoms with van der Waals surface area (Å²) in [6.07, 6.45) is 2.32. The van der Waals surface area contributed by atoms with Gasteiger partial charge in [-0.15, -0.1) is 0 Å². The molecule has 116 valence electrons. The number of phenolic OH excluding ortho intramolecular Hbond substituents is 1. The Bertz CT molecular complexity index is 494. The predicted octanol–water partition coefficient (Wildman–Crippen LogP) is 2.55. The molecule has 0 radical (unpaired) electrons. The molecule has 0 bridgehead atoms. The van der Waals surface area contributed by atoms with Crippen LogP contribution in [0.3, 0.4) is 0 Å². The first-order chi connectivity index (χ1) is 10.0. The number of carbonyl (C=O) groups is 1. The summed E-state index contributed by atoms with van der Waals surface area (Å²) >= 11 is 0. The predicted molar refractivity (Wildman–Crippen MR) is 84.6 cm³/mol. The number of phenols is 1. The van der Waals surface area contributed by atoms with Crippen molar-refractivity contribution in [1.82, 2.24) is 10.2 Å². The maximum Gasteiger partial charge on any atom is 0.257 e. The Morgan fingerprint density at radius 2 is 2.24 bits per heavy atom. The van der Waals surface area contributed by atoms with E-state index in [1.54, 1.807) is 6.07 Å². The van der Waals surface area contributed by atoms with Crippen LogP contribution in [-0.4, -0.2) is 41.6 Å². The summed E-state index contributed by atoms with van der Waals surface area (Å²) in [6, 6.07) is 5.47. The number of aromatic hydroxyl groups is 1. The Hall–Kier alpha value is -1.55. The average molecular weight is 290 g/mol. The van der Waals surface area contributed by atoms with Crippen LogP contribution in [-0.2, 0) is 0 Å². The fourth-order valence-electron chi connectivity index (χ4n) is 2.87. The molecule has 0 saturated carbocycles. The third-order valence-corrected chi connectivity index (χ3v) is 4.21. The van der Waals surface area contributed by atoms with Crippen molar-refractivity contribution in [2.24, 2.45) is 5.92 Å². The van der Waals surface area contributed by atoms with E-state index in [1.165, 1.54) is 6.42 Å². The van der Waals surface area contributed by atoms with Crippen LogP contribution < -0.4 is 5.32 Å². The first-order valence-corrected chi connectivity index (χ1v) is 7.81. The number of rotatable bonds is 4. The number of nitrogens with one attached hydrogen (secondary N) is 1. The lowest BCUT2D eigenvalue weighted by Crippen LogP contribution is -2.44. The summed E-state index contributed by atoms with van der Waals surface area (Å²) in [5.74, 6) is 0.531. The van der Waals surface area contributed by atoms with Gasteiger partial charge in [-0.2, -0.15) is 0 Å². The van der Waals surface area contributed by atoms with Gasteiger partial charge in [0.25, 0.3) is 5.91 Å². The van der Waals surface area contributed by atoms with Crippen molar-refractivity contribution >= 4 is 5.91 Å². The van der Waals surface area contributed by atoms with Gasteiger partial charge < -0.3 is 15.3 Å². The number of aryl methyl sites for hydroxylation is 1. The normalized spacial score (nSPS) is 18.8. The second kappa shape index (κ2) is 6.94. The van der Waals surface area contributed by atoms with Gasteiger partial charge in [0.05, 0.1) is 5.56 Å². The SMILES string of the molecule is Cc1cccc(C(=O)N(CC2CCCNC2)C(C)C)c1O. The molecule has 1 unspecified atom stereocenters. The molecule has 1 heterocycles. The zero-order chi connectivity index (χ0) is 15.4. The minimum atomic E-state index is -0.0724. The molecule has 1 saturated heterocycles. The van der Waals surface area contributed by atoms with Gasteiger partial charge >= 0.3 is 0 Å². The smallest absolute Gasteiger partial charge is 0.257 e. The Kier molecular flexibility index (Phi) is 5.23. The van der Waals surface area contributed by atoms with Crippen molar-refractivity contribution in [1.29, 1.82) is 0 Å². The van der Waals surface area contributed by atoms with Crippen LogP contribution in [0.2, 0.25) is 0 Å². The van der Waals surface area contributed by atoms with Gasteiger partial charge in [-0.05, 0) is 64.3 Å². The summed E-state index contributed by atoms with van der Waals surface area (Å²) in [5.41, 5.74) is 1.15. The standard InChI is InChI=1S/C17H26N2O2/c1-12(2)19(11-14-7-5-9-18-10-14)17(21)15-8-4-6-13(3)16(15)20/h4,6,8,12,14,18,20H,5,7,9-11H2,1-3H3. The second-order valence-corrected chi connectivity index (χ2v) is 6.23. The number of para-hydroxylation sites is 1. The molecule has 0 aromatic heterocycles. The van der Waals surface area contributed by atoms with Gasteiger partial charge in [0.2, 0.25) is 0 Å². The third-order valence-electron chi connectivity index (χ3n) is 4.21. The molecule has 2 N–H and O–H groups in total. The molecule has 1 atom stereocenters. The van der Waals surface area contributed by atoms with Crippen molar-refractivity contribution in [2.75, 3.05) is 19.6 Å². The summed E-state index contributed by atoms with van der Waals surface area (Å²) in [6.45, 7) is 8.66. The van der Waals surface area contributed by atoms with Crippen molar-refractivity contribution in [3.05, 3.63) is 29.3 Å². The Balaban J connectivity index is 2.17. The lowest BCUT2D eigenvalue weighted by molar-refractivity contribution is 0.0657. The summed E-state index contributed by atoms with van der Waals surface area (Å²) in [5, 5.41) is 13.5. The van der Waals surface area contributed by atoms with E-state index in [2.05, 4.69) is 5.32 Å². The van der Waals surface area contributed by atoms with Crippen LogP contribution in [0.25, 0.3) is 0 Å². The number of amides is 1. The van der Waals surface area contributed by atoms with E-state index in [1.807, 2.05) is 37.8 Å². The third kappa shape index (κ3) is 3.76. The van der Waals surface area contributed by atoms with Crippen LogP contribution in [0.15, 0.2) is 18.2 Å². The number of hydrogen-bond donors (Lipinski definition) is 2. The van der Waals surface area contributed by atoms with Gasteiger partial charge in [0.15, 0.2) is 0 Å². The van der Waals surface area contributed by atoms with Gasteiger partial charge in [-0.1, -0.05) is 12.1 Å². The van der Waals surface area contributed by atoms with E-state index in [-0.39, 0.29) is 17.7 Å². The largest absolute Gasteiger partial charge is 0.507 e. The van der Waals surface area contributed by atoms with E-state index in [4.69, 9.17) is 0 Å². The zero-order valence-corrected chi connectivity index (χ0v) is 13.2. The number of hydrogen-bond acceptors (Lipinski definition) is 3. The van der Waals surface area contributed by atoms with Crippen molar-refractivity contribution in [2.45, 2.75) is 39.7 Å². The van der Waals surface area contributed by atoms with Crippen LogP contribution in [0.1, 0.15) is 42.6 Å². The van der Waals surface area contributed by atoms with Crippen LogP contribution in [0.4, 0.5) is 0 Å². The highest BCUT2D eigenvalue weighted by Gasteiger charge is 2.25. The van der Waals surface area contributed by atoms with Crippen molar-refractivity contribution in [3.63, 3.8) is 0 Å². The molecule has 1 fully saturated rings. The molecule has 21 heavy (non-hydrogen) atoms. The molecular formula is C17H26N2O2. The molecular weight excluding hydrogens is 264 g/mol. The maximum atomic E-state index is 12.8. The van der Waals surface area contributed by atoms with Crippen LogP contribution >= 0.6 is 0 Å². The molecule has 2 rings (SSSR count). The van der Waals surface area contributed by atoms with E-state index >= 15 is 0 Å². The Labute approximate surface area is 127 Å². The number of carbonyl (C=O) groups excluding carboxylic acids is 1. The van der Waals surface area contributed by atoms with E-state index in [0.29, 0.717) is 11.5 Å². The van der Waals surface area contributed by atoms with Crippen LogP contribution in [0.5, 0.6) is 5.75 Å². The van der Waals surface area contributed by atoms with Gasteiger partial charge in [-0.3, -0.25) is 4.79 Å². The quantitative estimate of drug-likeness (QED) is 0.896. The summed E-state index contributed by atoms with van der Waals surface area (Å²) in [4.78, 5) is 14.7. The Morgan fingerprint density at radius 1 is 1.48 bits per heavy atom. The highest BCUT2D eigenvalue weighted by Crippen LogP contribution is 2.24. The van der Waals surface area contributed by atoms with Gasteiger partial charge in [-0.25, -0.2) is 0 Å². The molecule has 1 aromatic rings. The first kappa shape index (κ1) is 15.8. The monoisotopic (exact) mass is 290 g/mol. The number of piperidine rings is 1. The summed E-state index contributed by atoms with van der Waals surface area (Å²) in [7, 11) is 0. The summed E-state index contributed by atoms with van der Waals surface area (Å²) < 4.78 is 0. The molecule has 1 aliphatic rings.